The molecule has 20 heavy (non-hydrogen) atoms. The zero-order valence-corrected chi connectivity index (χ0v) is 13.1. The van der Waals surface area contributed by atoms with Gasteiger partial charge < -0.3 is 10.2 Å². The predicted molar refractivity (Wildman–Crippen MR) is 82.4 cm³/mol. The molecule has 2 N–H and O–H groups in total. The van der Waals surface area contributed by atoms with Crippen LogP contribution in [0, 0.1) is 0 Å². The topological polar surface area (TPSA) is 61.0 Å². The Morgan fingerprint density at radius 1 is 1.40 bits per heavy atom. The van der Waals surface area contributed by atoms with Crippen molar-refractivity contribution in [3.63, 3.8) is 0 Å². The molecule has 6 heteroatoms. The van der Waals surface area contributed by atoms with Gasteiger partial charge in [0, 0.05) is 18.3 Å². The van der Waals surface area contributed by atoms with Gasteiger partial charge in [-0.25, -0.2) is 0 Å². The third-order valence-corrected chi connectivity index (χ3v) is 3.71. The van der Waals surface area contributed by atoms with Crippen molar-refractivity contribution in [2.24, 2.45) is 0 Å². The summed E-state index contributed by atoms with van der Waals surface area (Å²) < 4.78 is 0. The Bertz CT molecular complexity index is 415. The molecule has 0 bridgehead atoms. The summed E-state index contributed by atoms with van der Waals surface area (Å²) in [5.41, 5.74) is 1.58. The third kappa shape index (κ3) is 3.96. The normalized spacial score (nSPS) is 15.7. The number of aromatic amines is 1. The van der Waals surface area contributed by atoms with Crippen LogP contribution in [-0.2, 0) is 6.42 Å². The minimum atomic E-state index is 0. The highest BCUT2D eigenvalue weighted by Gasteiger charge is 2.26. The molecule has 0 radical (unpaired) electrons. The number of hydrogen-bond donors (Lipinski definition) is 2. The summed E-state index contributed by atoms with van der Waals surface area (Å²) in [6.45, 7) is 6.98. The molecule has 2 heterocycles. The van der Waals surface area contributed by atoms with Crippen LogP contribution in [0.1, 0.15) is 49.3 Å². The van der Waals surface area contributed by atoms with Crippen LogP contribution >= 0.6 is 12.4 Å². The fourth-order valence-corrected chi connectivity index (χ4v) is 2.61. The zero-order valence-electron chi connectivity index (χ0n) is 12.3. The molecular formula is C14H25ClN4O. The van der Waals surface area contributed by atoms with Crippen LogP contribution in [0.2, 0.25) is 0 Å². The molecule has 0 atom stereocenters. The molecule has 1 aromatic heterocycles. The minimum Gasteiger partial charge on any atom is -0.334 e. The van der Waals surface area contributed by atoms with Gasteiger partial charge >= 0.3 is 0 Å². The van der Waals surface area contributed by atoms with E-state index in [1.54, 1.807) is 0 Å². The molecule has 1 fully saturated rings. The van der Waals surface area contributed by atoms with E-state index in [9.17, 15) is 4.79 Å². The Balaban J connectivity index is 0.00000200. The number of carbonyl (C=O) groups is 1. The number of halogens is 1. The summed E-state index contributed by atoms with van der Waals surface area (Å²) in [5, 5.41) is 10.4. The summed E-state index contributed by atoms with van der Waals surface area (Å²) in [6.07, 6.45) is 3.94. The van der Waals surface area contributed by atoms with Crippen molar-refractivity contribution in [1.82, 2.24) is 20.4 Å². The first kappa shape index (κ1) is 17.0. The average Bonchev–Trinajstić information content (AvgIpc) is 2.94. The van der Waals surface area contributed by atoms with Crippen LogP contribution in [0.4, 0.5) is 0 Å². The molecule has 1 amide bonds. The molecule has 5 nitrogen and oxygen atoms in total. The monoisotopic (exact) mass is 300 g/mol. The van der Waals surface area contributed by atoms with Crippen LogP contribution in [0.25, 0.3) is 0 Å². The average molecular weight is 301 g/mol. The fraction of sp³-hybridized carbons (Fsp3) is 0.714. The summed E-state index contributed by atoms with van der Waals surface area (Å²) in [4.78, 5) is 14.6. The Hall–Kier alpha value is -1.07. The second kappa shape index (κ2) is 8.27. The number of piperidine rings is 1. The van der Waals surface area contributed by atoms with E-state index in [1.165, 1.54) is 0 Å². The molecule has 1 aromatic rings. The Labute approximate surface area is 126 Å². The number of carbonyl (C=O) groups excluding carboxylic acids is 1. The van der Waals surface area contributed by atoms with Crippen molar-refractivity contribution >= 4 is 18.3 Å². The lowest BCUT2D eigenvalue weighted by molar-refractivity contribution is 0.0636. The van der Waals surface area contributed by atoms with Crippen molar-refractivity contribution in [3.05, 3.63) is 17.5 Å². The van der Waals surface area contributed by atoms with Gasteiger partial charge in [0.15, 0.2) is 0 Å². The SMILES string of the molecule is CCCN(C(=O)c1cc(CC)[nH]n1)C1CCNCC1.Cl. The lowest BCUT2D eigenvalue weighted by Gasteiger charge is -2.34. The largest absolute Gasteiger partial charge is 0.334 e. The number of aromatic nitrogens is 2. The molecule has 2 rings (SSSR count). The maximum atomic E-state index is 12.6. The van der Waals surface area contributed by atoms with E-state index in [0.717, 1.165) is 51.0 Å². The first-order valence-electron chi connectivity index (χ1n) is 7.32. The van der Waals surface area contributed by atoms with Gasteiger partial charge in [-0.15, -0.1) is 12.4 Å². The van der Waals surface area contributed by atoms with Gasteiger partial charge in [-0.1, -0.05) is 13.8 Å². The van der Waals surface area contributed by atoms with Crippen LogP contribution in [0.3, 0.4) is 0 Å². The number of H-pyrrole nitrogens is 1. The molecule has 1 aliphatic heterocycles. The lowest BCUT2D eigenvalue weighted by atomic mass is 10.0. The highest BCUT2D eigenvalue weighted by atomic mass is 35.5. The molecule has 0 unspecified atom stereocenters. The van der Waals surface area contributed by atoms with Gasteiger partial charge in [-0.05, 0) is 44.8 Å². The maximum absolute atomic E-state index is 12.6. The highest BCUT2D eigenvalue weighted by Crippen LogP contribution is 2.16. The summed E-state index contributed by atoms with van der Waals surface area (Å²) in [7, 11) is 0. The summed E-state index contributed by atoms with van der Waals surface area (Å²) in [5.74, 6) is 0.0738. The first-order chi connectivity index (χ1) is 9.26. The molecule has 1 aliphatic rings. The van der Waals surface area contributed by atoms with E-state index in [0.29, 0.717) is 11.7 Å². The van der Waals surface area contributed by atoms with Crippen LogP contribution in [0.5, 0.6) is 0 Å². The van der Waals surface area contributed by atoms with Crippen molar-refractivity contribution in [1.29, 1.82) is 0 Å². The van der Waals surface area contributed by atoms with Gasteiger partial charge in [-0.2, -0.15) is 5.10 Å². The molecule has 1 saturated heterocycles. The van der Waals surface area contributed by atoms with Gasteiger partial charge in [-0.3, -0.25) is 9.89 Å². The fourth-order valence-electron chi connectivity index (χ4n) is 2.61. The summed E-state index contributed by atoms with van der Waals surface area (Å²) >= 11 is 0. The van der Waals surface area contributed by atoms with Crippen LogP contribution in [-0.4, -0.2) is 46.7 Å². The second-order valence-electron chi connectivity index (χ2n) is 5.11. The Kier molecular flexibility index (Phi) is 7.02. The minimum absolute atomic E-state index is 0. The van der Waals surface area contributed by atoms with Crippen molar-refractivity contribution in [2.75, 3.05) is 19.6 Å². The van der Waals surface area contributed by atoms with E-state index in [4.69, 9.17) is 0 Å². The van der Waals surface area contributed by atoms with Gasteiger partial charge in [0.1, 0.15) is 5.69 Å². The highest BCUT2D eigenvalue weighted by molar-refractivity contribution is 5.92. The third-order valence-electron chi connectivity index (χ3n) is 3.71. The van der Waals surface area contributed by atoms with E-state index in [2.05, 4.69) is 29.4 Å². The molecule has 0 aromatic carbocycles. The van der Waals surface area contributed by atoms with E-state index in [1.807, 2.05) is 11.0 Å². The predicted octanol–water partition coefficient (Wildman–Crippen LogP) is 2.00. The van der Waals surface area contributed by atoms with Gasteiger partial charge in [0.25, 0.3) is 5.91 Å². The van der Waals surface area contributed by atoms with Crippen molar-refractivity contribution in [2.45, 2.75) is 45.6 Å². The van der Waals surface area contributed by atoms with E-state index >= 15 is 0 Å². The number of aryl methyl sites for hydroxylation is 1. The number of amides is 1. The smallest absolute Gasteiger partial charge is 0.274 e. The van der Waals surface area contributed by atoms with Crippen LogP contribution in [0.15, 0.2) is 6.07 Å². The van der Waals surface area contributed by atoms with Gasteiger partial charge in [0.05, 0.1) is 0 Å². The molecule has 0 spiro atoms. The molecule has 114 valence electrons. The lowest BCUT2D eigenvalue weighted by Crippen LogP contribution is -2.46. The first-order valence-corrected chi connectivity index (χ1v) is 7.32. The summed E-state index contributed by atoms with van der Waals surface area (Å²) in [6, 6.07) is 2.24. The molecule has 0 aliphatic carbocycles. The zero-order chi connectivity index (χ0) is 13.7. The van der Waals surface area contributed by atoms with E-state index < -0.39 is 0 Å². The quantitative estimate of drug-likeness (QED) is 0.874. The van der Waals surface area contributed by atoms with Crippen LogP contribution < -0.4 is 5.32 Å². The Morgan fingerprint density at radius 3 is 2.65 bits per heavy atom. The van der Waals surface area contributed by atoms with Crippen molar-refractivity contribution in [3.8, 4) is 0 Å². The van der Waals surface area contributed by atoms with Gasteiger partial charge in [0.2, 0.25) is 0 Å². The number of nitrogens with one attached hydrogen (secondary N) is 2. The maximum Gasteiger partial charge on any atom is 0.274 e. The number of nitrogens with zero attached hydrogens (tertiary/aromatic N) is 2. The molecule has 0 saturated carbocycles. The molecular weight excluding hydrogens is 276 g/mol. The number of rotatable bonds is 5. The standard InChI is InChI=1S/C14H24N4O.ClH/c1-3-9-18(12-5-7-15-8-6-12)14(19)13-10-11(4-2)16-17-13;/h10,12,15H,3-9H2,1-2H3,(H,16,17);1H. The number of hydrogen-bond acceptors (Lipinski definition) is 3. The second-order valence-corrected chi connectivity index (χ2v) is 5.11. The Morgan fingerprint density at radius 2 is 2.10 bits per heavy atom. The van der Waals surface area contributed by atoms with Crippen molar-refractivity contribution < 1.29 is 4.79 Å². The van der Waals surface area contributed by atoms with E-state index in [-0.39, 0.29) is 18.3 Å².